The van der Waals surface area contributed by atoms with Crippen molar-refractivity contribution in [3.63, 3.8) is 0 Å². The second-order valence-corrected chi connectivity index (χ2v) is 4.86. The van der Waals surface area contributed by atoms with E-state index in [1.807, 2.05) is 0 Å². The standard InChI is InChI=1S/C13H17FNO/c1-10(2)7-15-8-13(16,9-15)11-5-3-4-6-12(11)14/h3-6,16H,7-9H2,1-2H3. The lowest BCUT2D eigenvalue weighted by Crippen LogP contribution is -2.60. The molecule has 3 heteroatoms. The zero-order chi connectivity index (χ0) is 11.8. The Morgan fingerprint density at radius 2 is 2.00 bits per heavy atom. The van der Waals surface area contributed by atoms with Crippen LogP contribution < -0.4 is 0 Å². The van der Waals surface area contributed by atoms with Crippen molar-refractivity contribution in [1.29, 1.82) is 0 Å². The van der Waals surface area contributed by atoms with Crippen molar-refractivity contribution in [1.82, 2.24) is 4.90 Å². The number of nitrogens with zero attached hydrogens (tertiary/aromatic N) is 1. The van der Waals surface area contributed by atoms with E-state index in [4.69, 9.17) is 0 Å². The molecule has 2 rings (SSSR count). The van der Waals surface area contributed by atoms with Crippen LogP contribution in [0.1, 0.15) is 19.4 Å². The fourth-order valence-corrected chi connectivity index (χ4v) is 2.26. The Morgan fingerprint density at radius 3 is 2.56 bits per heavy atom. The van der Waals surface area contributed by atoms with Crippen molar-refractivity contribution < 1.29 is 9.50 Å². The summed E-state index contributed by atoms with van der Waals surface area (Å²) in [6.07, 6.45) is 0. The van der Waals surface area contributed by atoms with Crippen molar-refractivity contribution in [3.8, 4) is 0 Å². The summed E-state index contributed by atoms with van der Waals surface area (Å²) in [6, 6.07) is 6.46. The smallest absolute Gasteiger partial charge is 0.129 e. The van der Waals surface area contributed by atoms with Crippen LogP contribution in [0, 0.1) is 11.7 Å². The molecular weight excluding hydrogens is 205 g/mol. The van der Waals surface area contributed by atoms with E-state index in [1.165, 1.54) is 12.0 Å². The van der Waals surface area contributed by atoms with Crippen molar-refractivity contribution in [2.75, 3.05) is 19.6 Å². The van der Waals surface area contributed by atoms with Gasteiger partial charge in [0.05, 0.1) is 0 Å². The van der Waals surface area contributed by atoms with E-state index < -0.39 is 5.60 Å². The number of likely N-dealkylation sites (tertiary alicyclic amines) is 1. The number of benzene rings is 1. The Labute approximate surface area is 95.7 Å². The van der Waals surface area contributed by atoms with Crippen LogP contribution in [-0.4, -0.2) is 29.6 Å². The molecule has 1 aromatic carbocycles. The lowest BCUT2D eigenvalue weighted by Gasteiger charge is -2.47. The molecule has 2 nitrogen and oxygen atoms in total. The first-order valence-corrected chi connectivity index (χ1v) is 5.50. The minimum Gasteiger partial charge on any atom is -0.382 e. The van der Waals surface area contributed by atoms with Crippen molar-refractivity contribution in [2.45, 2.75) is 19.4 Å². The van der Waals surface area contributed by atoms with Gasteiger partial charge in [-0.25, -0.2) is 4.39 Å². The van der Waals surface area contributed by atoms with E-state index >= 15 is 0 Å². The normalized spacial score (nSPS) is 19.8. The van der Waals surface area contributed by atoms with Crippen LogP contribution in [0.4, 0.5) is 4.39 Å². The largest absolute Gasteiger partial charge is 0.382 e. The fourth-order valence-electron chi connectivity index (χ4n) is 2.26. The van der Waals surface area contributed by atoms with Gasteiger partial charge in [0.15, 0.2) is 0 Å². The first kappa shape index (κ1) is 11.6. The maximum absolute atomic E-state index is 13.5. The Kier molecular flexibility index (Phi) is 3.00. The lowest BCUT2D eigenvalue weighted by atomic mass is 9.85. The zero-order valence-corrected chi connectivity index (χ0v) is 9.70. The number of rotatable bonds is 3. The first-order valence-electron chi connectivity index (χ1n) is 5.50. The van der Waals surface area contributed by atoms with E-state index in [1.54, 1.807) is 18.2 Å². The van der Waals surface area contributed by atoms with Crippen LogP contribution in [0.15, 0.2) is 24.3 Å². The molecule has 0 amide bonds. The van der Waals surface area contributed by atoms with E-state index in [-0.39, 0.29) is 5.82 Å². The van der Waals surface area contributed by atoms with Crippen LogP contribution in [-0.2, 0) is 5.60 Å². The number of β-amino-alcohol motifs (C(OH)–C–C–N with tert-alkyl or cyclic N) is 1. The van der Waals surface area contributed by atoms with E-state index in [2.05, 4.69) is 18.7 Å². The monoisotopic (exact) mass is 222 g/mol. The first-order chi connectivity index (χ1) is 7.51. The zero-order valence-electron chi connectivity index (χ0n) is 9.70. The Balaban J connectivity index is 2.05. The highest BCUT2D eigenvalue weighted by Gasteiger charge is 2.43. The third kappa shape index (κ3) is 2.11. The van der Waals surface area contributed by atoms with Gasteiger partial charge in [-0.3, -0.25) is 4.90 Å². The van der Waals surface area contributed by atoms with Crippen LogP contribution in [0.25, 0.3) is 0 Å². The summed E-state index contributed by atoms with van der Waals surface area (Å²) >= 11 is 0. The van der Waals surface area contributed by atoms with Gasteiger partial charge in [0, 0.05) is 25.2 Å². The average molecular weight is 222 g/mol. The predicted molar refractivity (Wildman–Crippen MR) is 61.3 cm³/mol. The molecule has 87 valence electrons. The molecule has 16 heavy (non-hydrogen) atoms. The molecule has 0 spiro atoms. The maximum Gasteiger partial charge on any atom is 0.129 e. The van der Waals surface area contributed by atoms with Gasteiger partial charge in [0.25, 0.3) is 0 Å². The molecule has 0 unspecified atom stereocenters. The Morgan fingerprint density at radius 1 is 1.38 bits per heavy atom. The van der Waals surface area contributed by atoms with Crippen LogP contribution >= 0.6 is 0 Å². The molecule has 1 aromatic rings. The average Bonchev–Trinajstić information content (AvgIpc) is 2.15. The Bertz CT molecular complexity index is 372. The van der Waals surface area contributed by atoms with Crippen molar-refractivity contribution in [3.05, 3.63) is 41.6 Å². The highest BCUT2D eigenvalue weighted by atomic mass is 19.1. The molecular formula is C13H17FNO. The van der Waals surface area contributed by atoms with Gasteiger partial charge in [-0.2, -0.15) is 0 Å². The molecule has 1 aliphatic rings. The molecule has 0 aromatic heterocycles. The van der Waals surface area contributed by atoms with Gasteiger partial charge in [-0.1, -0.05) is 32.0 Å². The molecule has 1 aliphatic heterocycles. The summed E-state index contributed by atoms with van der Waals surface area (Å²) in [4.78, 5) is 2.11. The Hall–Kier alpha value is -0.930. The van der Waals surface area contributed by atoms with E-state index in [0.717, 1.165) is 6.54 Å². The maximum atomic E-state index is 13.5. The van der Waals surface area contributed by atoms with E-state index in [0.29, 0.717) is 18.7 Å². The SMILES string of the molecule is C[C](C)CN1CC(O)(c2ccccc2F)C1. The highest BCUT2D eigenvalue weighted by Crippen LogP contribution is 2.33. The number of aliphatic hydroxyl groups is 1. The molecule has 1 fully saturated rings. The van der Waals surface area contributed by atoms with Gasteiger partial charge in [0.1, 0.15) is 11.4 Å². The topological polar surface area (TPSA) is 23.5 Å². The van der Waals surface area contributed by atoms with Crippen molar-refractivity contribution in [2.24, 2.45) is 0 Å². The second kappa shape index (κ2) is 4.15. The van der Waals surface area contributed by atoms with Gasteiger partial charge >= 0.3 is 0 Å². The van der Waals surface area contributed by atoms with Crippen LogP contribution in [0.5, 0.6) is 0 Å². The quantitative estimate of drug-likeness (QED) is 0.845. The molecule has 1 heterocycles. The fraction of sp³-hybridized carbons (Fsp3) is 0.462. The lowest BCUT2D eigenvalue weighted by molar-refractivity contribution is -0.103. The van der Waals surface area contributed by atoms with Gasteiger partial charge in [0.2, 0.25) is 0 Å². The third-order valence-electron chi connectivity index (χ3n) is 2.89. The number of hydrogen-bond donors (Lipinski definition) is 1. The van der Waals surface area contributed by atoms with Gasteiger partial charge < -0.3 is 5.11 Å². The number of halogens is 1. The number of hydrogen-bond acceptors (Lipinski definition) is 2. The van der Waals surface area contributed by atoms with Crippen LogP contribution in [0.2, 0.25) is 0 Å². The molecule has 1 N–H and O–H groups in total. The van der Waals surface area contributed by atoms with E-state index in [9.17, 15) is 9.50 Å². The molecule has 0 aliphatic carbocycles. The molecule has 1 saturated heterocycles. The minimum absolute atomic E-state index is 0.318. The summed E-state index contributed by atoms with van der Waals surface area (Å²) < 4.78 is 13.5. The van der Waals surface area contributed by atoms with Crippen LogP contribution in [0.3, 0.4) is 0 Å². The second-order valence-electron chi connectivity index (χ2n) is 4.86. The summed E-state index contributed by atoms with van der Waals surface area (Å²) in [5.74, 6) is 0.984. The summed E-state index contributed by atoms with van der Waals surface area (Å²) in [7, 11) is 0. The molecule has 0 atom stereocenters. The molecule has 0 saturated carbocycles. The summed E-state index contributed by atoms with van der Waals surface area (Å²) in [6.45, 7) is 6.01. The molecule has 1 radical (unpaired) electrons. The predicted octanol–water partition coefficient (Wildman–Crippen LogP) is 1.94. The third-order valence-corrected chi connectivity index (χ3v) is 2.89. The molecule has 0 bridgehead atoms. The van der Waals surface area contributed by atoms with Gasteiger partial charge in [-0.15, -0.1) is 0 Å². The summed E-state index contributed by atoms with van der Waals surface area (Å²) in [5.41, 5.74) is -0.583. The van der Waals surface area contributed by atoms with Crippen molar-refractivity contribution >= 4 is 0 Å². The van der Waals surface area contributed by atoms with Gasteiger partial charge in [-0.05, 0) is 12.0 Å². The highest BCUT2D eigenvalue weighted by molar-refractivity contribution is 5.28. The summed E-state index contributed by atoms with van der Waals surface area (Å²) in [5, 5.41) is 10.3. The minimum atomic E-state index is -0.999.